The highest BCUT2D eigenvalue weighted by Gasteiger charge is 2.36. The Labute approximate surface area is 113 Å². The van der Waals surface area contributed by atoms with Crippen molar-refractivity contribution in [2.75, 3.05) is 6.54 Å². The van der Waals surface area contributed by atoms with Crippen LogP contribution >= 0.6 is 15.9 Å². The molecule has 0 aromatic heterocycles. The summed E-state index contributed by atoms with van der Waals surface area (Å²) < 4.78 is 1.26. The molecule has 1 saturated heterocycles. The van der Waals surface area contributed by atoms with Gasteiger partial charge in [0.05, 0.1) is 0 Å². The number of hydrogen-bond acceptors (Lipinski definition) is 1. The Bertz CT molecular complexity index is 392. The number of benzene rings is 1. The zero-order valence-electron chi connectivity index (χ0n) is 11.0. The van der Waals surface area contributed by atoms with Crippen LogP contribution in [0.2, 0.25) is 0 Å². The average molecular weight is 296 g/mol. The normalized spacial score (nSPS) is 24.5. The van der Waals surface area contributed by atoms with E-state index in [1.54, 1.807) is 0 Å². The standard InChI is InChI=1S/C15H22BrN/c1-11(2)15(7-4-8-17-15)10-13-6-5-12(3)9-14(13)16/h5-6,9,11,17H,4,7-8,10H2,1-3H3. The summed E-state index contributed by atoms with van der Waals surface area (Å²) in [5, 5.41) is 3.74. The fourth-order valence-corrected chi connectivity index (χ4v) is 3.45. The molecule has 1 nitrogen and oxygen atoms in total. The third-order valence-electron chi connectivity index (χ3n) is 4.10. The van der Waals surface area contributed by atoms with Crippen molar-refractivity contribution in [1.82, 2.24) is 5.32 Å². The molecule has 1 atom stereocenters. The highest BCUT2D eigenvalue weighted by Crippen LogP contribution is 2.33. The number of hydrogen-bond donors (Lipinski definition) is 1. The van der Waals surface area contributed by atoms with Crippen molar-refractivity contribution in [3.63, 3.8) is 0 Å². The van der Waals surface area contributed by atoms with Crippen LogP contribution in [0.15, 0.2) is 22.7 Å². The Morgan fingerprint density at radius 1 is 1.41 bits per heavy atom. The smallest absolute Gasteiger partial charge is 0.0245 e. The third kappa shape index (κ3) is 2.74. The minimum atomic E-state index is 0.303. The topological polar surface area (TPSA) is 12.0 Å². The lowest BCUT2D eigenvalue weighted by molar-refractivity contribution is 0.269. The van der Waals surface area contributed by atoms with Gasteiger partial charge in [0.25, 0.3) is 0 Å². The van der Waals surface area contributed by atoms with Crippen molar-refractivity contribution < 1.29 is 0 Å². The van der Waals surface area contributed by atoms with Gasteiger partial charge in [-0.15, -0.1) is 0 Å². The molecule has 1 N–H and O–H groups in total. The lowest BCUT2D eigenvalue weighted by Gasteiger charge is -2.34. The van der Waals surface area contributed by atoms with Crippen LogP contribution < -0.4 is 5.32 Å². The second-order valence-corrected chi connectivity index (χ2v) is 6.47. The number of aryl methyl sites for hydroxylation is 1. The Balaban J connectivity index is 2.23. The van der Waals surface area contributed by atoms with E-state index in [0.29, 0.717) is 11.5 Å². The van der Waals surface area contributed by atoms with E-state index in [4.69, 9.17) is 0 Å². The monoisotopic (exact) mass is 295 g/mol. The van der Waals surface area contributed by atoms with Crippen LogP contribution in [0.5, 0.6) is 0 Å². The molecule has 2 heteroatoms. The van der Waals surface area contributed by atoms with Crippen LogP contribution in [-0.4, -0.2) is 12.1 Å². The molecule has 0 spiro atoms. The predicted octanol–water partition coefficient (Wildman–Crippen LogP) is 4.08. The van der Waals surface area contributed by atoms with Crippen molar-refractivity contribution in [2.45, 2.75) is 45.6 Å². The minimum Gasteiger partial charge on any atom is -0.311 e. The van der Waals surface area contributed by atoms with Crippen LogP contribution in [0.25, 0.3) is 0 Å². The summed E-state index contributed by atoms with van der Waals surface area (Å²) in [4.78, 5) is 0. The van der Waals surface area contributed by atoms with Crippen molar-refractivity contribution in [2.24, 2.45) is 5.92 Å². The summed E-state index contributed by atoms with van der Waals surface area (Å²) in [6, 6.07) is 6.70. The zero-order chi connectivity index (χ0) is 12.5. The third-order valence-corrected chi connectivity index (χ3v) is 4.83. The molecule has 0 amide bonds. The minimum absolute atomic E-state index is 0.303. The van der Waals surface area contributed by atoms with Crippen LogP contribution in [0.3, 0.4) is 0 Å². The lowest BCUT2D eigenvalue weighted by Crippen LogP contribution is -2.46. The van der Waals surface area contributed by atoms with Crippen LogP contribution in [0.4, 0.5) is 0 Å². The van der Waals surface area contributed by atoms with Crippen molar-refractivity contribution in [1.29, 1.82) is 0 Å². The first-order valence-corrected chi connectivity index (χ1v) is 7.33. The van der Waals surface area contributed by atoms with Gasteiger partial charge in [0.15, 0.2) is 0 Å². The first-order chi connectivity index (χ1) is 8.03. The predicted molar refractivity (Wildman–Crippen MR) is 77.4 cm³/mol. The largest absolute Gasteiger partial charge is 0.311 e. The Kier molecular flexibility index (Phi) is 3.94. The number of rotatable bonds is 3. The van der Waals surface area contributed by atoms with Crippen molar-refractivity contribution in [3.8, 4) is 0 Å². The van der Waals surface area contributed by atoms with Crippen LogP contribution in [-0.2, 0) is 6.42 Å². The Morgan fingerprint density at radius 3 is 2.71 bits per heavy atom. The SMILES string of the molecule is Cc1ccc(CC2(C(C)C)CCCN2)c(Br)c1. The maximum Gasteiger partial charge on any atom is 0.0245 e. The van der Waals surface area contributed by atoms with Gasteiger partial charge < -0.3 is 5.32 Å². The fourth-order valence-electron chi connectivity index (χ4n) is 2.81. The quantitative estimate of drug-likeness (QED) is 0.886. The molecule has 0 aliphatic carbocycles. The van der Waals surface area contributed by atoms with E-state index in [9.17, 15) is 0 Å². The molecule has 1 aromatic rings. The zero-order valence-corrected chi connectivity index (χ0v) is 12.6. The second-order valence-electron chi connectivity index (χ2n) is 5.61. The molecule has 1 aliphatic heterocycles. The summed E-state index contributed by atoms with van der Waals surface area (Å²) in [7, 11) is 0. The van der Waals surface area contributed by atoms with Gasteiger partial charge in [-0.3, -0.25) is 0 Å². The molecule has 1 aromatic carbocycles. The van der Waals surface area contributed by atoms with Gasteiger partial charge in [0.1, 0.15) is 0 Å². The van der Waals surface area contributed by atoms with Crippen LogP contribution in [0.1, 0.15) is 37.8 Å². The molecular weight excluding hydrogens is 274 g/mol. The molecule has 1 unspecified atom stereocenters. The van der Waals surface area contributed by atoms with E-state index in [-0.39, 0.29) is 0 Å². The first kappa shape index (κ1) is 13.1. The van der Waals surface area contributed by atoms with Gasteiger partial charge in [-0.1, -0.05) is 41.9 Å². The molecule has 2 rings (SSSR count). The van der Waals surface area contributed by atoms with E-state index in [2.05, 4.69) is 60.2 Å². The summed E-state index contributed by atoms with van der Waals surface area (Å²) in [6.45, 7) is 7.98. The summed E-state index contributed by atoms with van der Waals surface area (Å²) in [5.74, 6) is 0.679. The summed E-state index contributed by atoms with van der Waals surface area (Å²) >= 11 is 3.70. The molecule has 1 fully saturated rings. The van der Waals surface area contributed by atoms with E-state index in [1.165, 1.54) is 35.0 Å². The Hall–Kier alpha value is -0.340. The lowest BCUT2D eigenvalue weighted by atomic mass is 9.80. The molecule has 1 aliphatic rings. The molecule has 94 valence electrons. The van der Waals surface area contributed by atoms with Gasteiger partial charge in [0.2, 0.25) is 0 Å². The molecule has 1 heterocycles. The molecule has 0 saturated carbocycles. The van der Waals surface area contributed by atoms with Gasteiger partial charge in [-0.2, -0.15) is 0 Å². The van der Waals surface area contributed by atoms with E-state index >= 15 is 0 Å². The van der Waals surface area contributed by atoms with Crippen molar-refractivity contribution in [3.05, 3.63) is 33.8 Å². The van der Waals surface area contributed by atoms with Gasteiger partial charge >= 0.3 is 0 Å². The number of nitrogens with one attached hydrogen (secondary N) is 1. The van der Waals surface area contributed by atoms with E-state index in [1.807, 2.05) is 0 Å². The first-order valence-electron chi connectivity index (χ1n) is 6.53. The van der Waals surface area contributed by atoms with E-state index in [0.717, 1.165) is 6.42 Å². The molecule has 0 radical (unpaired) electrons. The van der Waals surface area contributed by atoms with E-state index < -0.39 is 0 Å². The van der Waals surface area contributed by atoms with Gasteiger partial charge in [0, 0.05) is 10.0 Å². The van der Waals surface area contributed by atoms with Crippen LogP contribution in [0, 0.1) is 12.8 Å². The average Bonchev–Trinajstić information content (AvgIpc) is 2.72. The summed E-state index contributed by atoms with van der Waals surface area (Å²) in [5.41, 5.74) is 3.05. The maximum atomic E-state index is 3.74. The summed E-state index contributed by atoms with van der Waals surface area (Å²) in [6.07, 6.45) is 3.73. The maximum absolute atomic E-state index is 3.74. The highest BCUT2D eigenvalue weighted by atomic mass is 79.9. The highest BCUT2D eigenvalue weighted by molar-refractivity contribution is 9.10. The fraction of sp³-hybridized carbons (Fsp3) is 0.600. The molecule has 17 heavy (non-hydrogen) atoms. The Morgan fingerprint density at radius 2 is 2.18 bits per heavy atom. The van der Waals surface area contributed by atoms with Gasteiger partial charge in [-0.25, -0.2) is 0 Å². The molecular formula is C15H22BrN. The molecule has 0 bridgehead atoms. The number of halogens is 1. The second kappa shape index (κ2) is 5.11. The van der Waals surface area contributed by atoms with Gasteiger partial charge in [-0.05, 0) is 55.8 Å². The van der Waals surface area contributed by atoms with Crippen molar-refractivity contribution >= 4 is 15.9 Å².